The van der Waals surface area contributed by atoms with E-state index in [0.717, 1.165) is 11.4 Å². The van der Waals surface area contributed by atoms with Crippen LogP contribution in [0.15, 0.2) is 18.2 Å². The Labute approximate surface area is 167 Å². The van der Waals surface area contributed by atoms with E-state index in [1.807, 2.05) is 13.2 Å². The molecule has 6 nitrogen and oxygen atoms in total. The first-order valence-electron chi connectivity index (χ1n) is 9.12. The van der Waals surface area contributed by atoms with Crippen LogP contribution in [0.25, 0.3) is 0 Å². The maximum absolute atomic E-state index is 12.1. The molecule has 0 aromatic heterocycles. The maximum Gasteiger partial charge on any atom is 0.328 e. The number of thioether (sulfide) groups is 1. The zero-order chi connectivity index (χ0) is 21.0. The zero-order valence-electron chi connectivity index (χ0n) is 17.2. The van der Waals surface area contributed by atoms with Crippen LogP contribution in [0.1, 0.15) is 57.6 Å². The average molecular weight is 399 g/mol. The second-order valence-electron chi connectivity index (χ2n) is 6.75. The highest BCUT2D eigenvalue weighted by Crippen LogP contribution is 2.32. The lowest BCUT2D eigenvalue weighted by atomic mass is 9.92. The van der Waals surface area contributed by atoms with Gasteiger partial charge >= 0.3 is 11.9 Å². The smallest absolute Gasteiger partial charge is 0.328 e. The highest BCUT2D eigenvalue weighted by molar-refractivity contribution is 7.98. The van der Waals surface area contributed by atoms with E-state index in [9.17, 15) is 9.59 Å². The summed E-state index contributed by atoms with van der Waals surface area (Å²) >= 11 is 1.67. The van der Waals surface area contributed by atoms with Gasteiger partial charge in [-0.2, -0.15) is 11.8 Å². The summed E-state index contributed by atoms with van der Waals surface area (Å²) in [5.74, 6) is 0.479. The van der Waals surface area contributed by atoms with Crippen LogP contribution in [0, 0.1) is 0 Å². The summed E-state index contributed by atoms with van der Waals surface area (Å²) in [4.78, 5) is 21.3. The summed E-state index contributed by atoms with van der Waals surface area (Å²) in [6.07, 6.45) is 2.00. The topological polar surface area (TPSA) is 102 Å². The van der Waals surface area contributed by atoms with Gasteiger partial charge in [0.25, 0.3) is 0 Å². The van der Waals surface area contributed by atoms with E-state index in [1.54, 1.807) is 11.8 Å². The number of nitrogens with two attached hydrogens (primary N) is 1. The van der Waals surface area contributed by atoms with E-state index >= 15 is 0 Å². The Morgan fingerprint density at radius 3 is 2.00 bits per heavy atom. The second kappa shape index (κ2) is 13.4. The number of carbonyl (C=O) groups excluding carboxylic acids is 1. The molecular formula is C20H34N2O4S. The van der Waals surface area contributed by atoms with E-state index in [1.165, 1.54) is 11.1 Å². The first-order valence-corrected chi connectivity index (χ1v) is 10.5. The molecule has 0 fully saturated rings. The molecule has 1 atom stereocenters. The maximum atomic E-state index is 12.1. The molecule has 0 amide bonds. The molecule has 1 rings (SSSR count). The monoisotopic (exact) mass is 398 g/mol. The van der Waals surface area contributed by atoms with Crippen molar-refractivity contribution in [2.24, 2.45) is 5.73 Å². The Hall–Kier alpha value is -1.73. The Kier molecular flexibility index (Phi) is 12.6. The zero-order valence-corrected chi connectivity index (χ0v) is 18.1. The molecule has 0 heterocycles. The number of anilines is 1. The van der Waals surface area contributed by atoms with E-state index in [-0.39, 0.29) is 18.6 Å². The van der Waals surface area contributed by atoms with Gasteiger partial charge in [-0.25, -0.2) is 4.79 Å². The molecule has 0 unspecified atom stereocenters. The minimum absolute atomic E-state index is 0.192. The molecule has 7 heteroatoms. The van der Waals surface area contributed by atoms with Crippen LogP contribution in [-0.4, -0.2) is 48.2 Å². The fraction of sp³-hybridized carbons (Fsp3) is 0.600. The standard InChI is InChI=1S/C18H29NO2S.C2H5NO2/c1-12(2)15-8-7-9-16(13(3)4)17(15)19-14(5)18(20)21-10-11-22-6;3-1-2(4)5/h7-9,12-14,19H,10-11H2,1-6H3;1,3H2,(H,4,5)/t14-;/m0./s1. The first-order chi connectivity index (χ1) is 12.6. The lowest BCUT2D eigenvalue weighted by Crippen LogP contribution is -2.30. The third kappa shape index (κ3) is 9.68. The number of carboxylic acids is 1. The Bertz CT molecular complexity index is 565. The number of para-hydroxylation sites is 1. The van der Waals surface area contributed by atoms with Crippen molar-refractivity contribution in [3.63, 3.8) is 0 Å². The third-order valence-corrected chi connectivity index (χ3v) is 4.37. The van der Waals surface area contributed by atoms with E-state index in [2.05, 4.69) is 56.9 Å². The Morgan fingerprint density at radius 1 is 1.15 bits per heavy atom. The highest BCUT2D eigenvalue weighted by Gasteiger charge is 2.19. The summed E-state index contributed by atoms with van der Waals surface area (Å²) in [6.45, 7) is 10.7. The van der Waals surface area contributed by atoms with Crippen LogP contribution in [0.2, 0.25) is 0 Å². The minimum Gasteiger partial charge on any atom is -0.480 e. The molecule has 0 aliphatic heterocycles. The third-order valence-electron chi connectivity index (χ3n) is 3.79. The van der Waals surface area contributed by atoms with Crippen LogP contribution in [0.5, 0.6) is 0 Å². The first kappa shape index (κ1) is 25.3. The van der Waals surface area contributed by atoms with E-state index in [0.29, 0.717) is 18.4 Å². The quantitative estimate of drug-likeness (QED) is 0.431. The minimum atomic E-state index is -0.968. The van der Waals surface area contributed by atoms with Crippen molar-refractivity contribution >= 4 is 29.4 Å². The summed E-state index contributed by atoms with van der Waals surface area (Å²) in [5, 5.41) is 11.0. The van der Waals surface area contributed by atoms with Crippen molar-refractivity contribution in [2.45, 2.75) is 52.5 Å². The molecule has 0 aliphatic rings. The number of aliphatic carboxylic acids is 1. The number of hydrogen-bond donors (Lipinski definition) is 3. The van der Waals surface area contributed by atoms with Crippen molar-refractivity contribution in [2.75, 3.05) is 30.5 Å². The lowest BCUT2D eigenvalue weighted by molar-refractivity contribution is -0.143. The summed E-state index contributed by atoms with van der Waals surface area (Å²) < 4.78 is 5.29. The van der Waals surface area contributed by atoms with E-state index in [4.69, 9.17) is 9.84 Å². The molecule has 0 saturated carbocycles. The fourth-order valence-electron chi connectivity index (χ4n) is 2.34. The van der Waals surface area contributed by atoms with Gasteiger partial charge in [-0.3, -0.25) is 4.79 Å². The van der Waals surface area contributed by atoms with Gasteiger partial charge in [0.1, 0.15) is 12.6 Å². The average Bonchev–Trinajstić information content (AvgIpc) is 2.61. The number of carboxylic acid groups (broad SMARTS) is 1. The van der Waals surface area contributed by atoms with Crippen LogP contribution < -0.4 is 11.1 Å². The summed E-state index contributed by atoms with van der Waals surface area (Å²) in [7, 11) is 0. The molecule has 4 N–H and O–H groups in total. The summed E-state index contributed by atoms with van der Waals surface area (Å²) in [5.41, 5.74) is 8.15. The molecule has 1 aromatic carbocycles. The second-order valence-corrected chi connectivity index (χ2v) is 7.73. The molecule has 0 aliphatic carbocycles. The Balaban J connectivity index is 0.00000119. The molecule has 0 bridgehead atoms. The molecule has 154 valence electrons. The van der Waals surface area contributed by atoms with Crippen molar-refractivity contribution in [3.05, 3.63) is 29.3 Å². The fourth-order valence-corrected chi connectivity index (χ4v) is 2.59. The van der Waals surface area contributed by atoms with Gasteiger partial charge in [0.05, 0.1) is 6.54 Å². The number of hydrogen-bond acceptors (Lipinski definition) is 6. The number of nitrogens with one attached hydrogen (secondary N) is 1. The molecule has 0 radical (unpaired) electrons. The van der Waals surface area contributed by atoms with Gasteiger partial charge in [-0.05, 0) is 36.1 Å². The van der Waals surface area contributed by atoms with Crippen LogP contribution in [0.4, 0.5) is 5.69 Å². The van der Waals surface area contributed by atoms with Crippen LogP contribution in [-0.2, 0) is 14.3 Å². The molecule has 27 heavy (non-hydrogen) atoms. The molecular weight excluding hydrogens is 364 g/mol. The Morgan fingerprint density at radius 2 is 1.63 bits per heavy atom. The van der Waals surface area contributed by atoms with Crippen LogP contribution >= 0.6 is 11.8 Å². The predicted octanol–water partition coefficient (Wildman–Crippen LogP) is 3.67. The van der Waals surface area contributed by atoms with Gasteiger partial charge in [0.15, 0.2) is 0 Å². The van der Waals surface area contributed by atoms with Crippen LogP contribution in [0.3, 0.4) is 0 Å². The highest BCUT2D eigenvalue weighted by atomic mass is 32.2. The van der Waals surface area contributed by atoms with Gasteiger partial charge in [0, 0.05) is 11.4 Å². The molecule has 0 spiro atoms. The molecule has 1 aromatic rings. The SMILES string of the molecule is CSCCOC(=O)[C@H](C)Nc1c(C(C)C)cccc1C(C)C.NCC(=O)O. The van der Waals surface area contributed by atoms with Gasteiger partial charge in [-0.1, -0.05) is 45.9 Å². The number of rotatable bonds is 9. The van der Waals surface area contributed by atoms with Crippen molar-refractivity contribution in [1.29, 1.82) is 0 Å². The molecule has 0 saturated heterocycles. The number of carbonyl (C=O) groups is 2. The van der Waals surface area contributed by atoms with E-state index < -0.39 is 5.97 Å². The number of benzene rings is 1. The number of esters is 1. The number of ether oxygens (including phenoxy) is 1. The van der Waals surface area contributed by atoms with Gasteiger partial charge < -0.3 is 20.9 Å². The summed E-state index contributed by atoms with van der Waals surface area (Å²) in [6, 6.07) is 6.01. The predicted molar refractivity (Wildman–Crippen MR) is 114 cm³/mol. The van der Waals surface area contributed by atoms with Crippen molar-refractivity contribution < 1.29 is 19.4 Å². The largest absolute Gasteiger partial charge is 0.480 e. The van der Waals surface area contributed by atoms with Gasteiger partial charge in [-0.15, -0.1) is 0 Å². The normalized spacial score (nSPS) is 11.6. The lowest BCUT2D eigenvalue weighted by Gasteiger charge is -2.23. The van der Waals surface area contributed by atoms with Crippen molar-refractivity contribution in [3.8, 4) is 0 Å². The van der Waals surface area contributed by atoms with Gasteiger partial charge in [0.2, 0.25) is 0 Å². The van der Waals surface area contributed by atoms with Crippen molar-refractivity contribution in [1.82, 2.24) is 0 Å².